The van der Waals surface area contributed by atoms with Gasteiger partial charge in [-0.25, -0.2) is 4.99 Å². The molecular weight excluding hydrogens is 483 g/mol. The predicted molar refractivity (Wildman–Crippen MR) is 130 cm³/mol. The van der Waals surface area contributed by atoms with Crippen molar-refractivity contribution in [3.05, 3.63) is 83.0 Å². The van der Waals surface area contributed by atoms with Gasteiger partial charge in [-0.15, -0.1) is 0 Å². The van der Waals surface area contributed by atoms with Crippen LogP contribution in [0.5, 0.6) is 0 Å². The number of carbonyl (C=O) groups is 2. The number of anilines is 1. The summed E-state index contributed by atoms with van der Waals surface area (Å²) in [6.07, 6.45) is -1.74. The summed E-state index contributed by atoms with van der Waals surface area (Å²) in [6, 6.07) is 17.0. The van der Waals surface area contributed by atoms with Crippen LogP contribution in [-0.2, 0) is 9.59 Å². The normalized spacial score (nSPS) is 18.6. The summed E-state index contributed by atoms with van der Waals surface area (Å²) in [5.41, 5.74) is 2.59. The number of hydrogen-bond acceptors (Lipinski definition) is 5. The van der Waals surface area contributed by atoms with Crippen LogP contribution in [0.3, 0.4) is 0 Å². The molecule has 1 amide bonds. The summed E-state index contributed by atoms with van der Waals surface area (Å²) in [5.74, 6) is -3.18. The van der Waals surface area contributed by atoms with Crippen molar-refractivity contribution in [3.63, 3.8) is 0 Å². The van der Waals surface area contributed by atoms with Crippen LogP contribution in [0.15, 0.2) is 87.4 Å². The average Bonchev–Trinajstić information content (AvgIpc) is 3.35. The quantitative estimate of drug-likeness (QED) is 0.567. The Morgan fingerprint density at radius 1 is 1.09 bits per heavy atom. The lowest BCUT2D eigenvalue weighted by atomic mass is 10.1. The van der Waals surface area contributed by atoms with E-state index in [4.69, 9.17) is 0 Å². The first-order valence-electron chi connectivity index (χ1n) is 10.3. The van der Waals surface area contributed by atoms with E-state index in [9.17, 15) is 22.8 Å². The minimum atomic E-state index is -5.15. The van der Waals surface area contributed by atoms with E-state index in [0.29, 0.717) is 28.9 Å². The molecule has 5 nitrogen and oxygen atoms in total. The van der Waals surface area contributed by atoms with Crippen molar-refractivity contribution in [1.82, 2.24) is 4.90 Å². The lowest BCUT2D eigenvalue weighted by Crippen LogP contribution is -2.42. The Balaban J connectivity index is 1.62. The topological polar surface area (TPSA) is 53.0 Å². The molecule has 10 heteroatoms. The average molecular weight is 500 g/mol. The van der Waals surface area contributed by atoms with Crippen LogP contribution in [0.4, 0.5) is 18.9 Å². The third kappa shape index (κ3) is 3.82. The van der Waals surface area contributed by atoms with Crippen molar-refractivity contribution < 1.29 is 22.8 Å². The fourth-order valence-electron chi connectivity index (χ4n) is 3.76. The predicted octanol–water partition coefficient (Wildman–Crippen LogP) is 4.81. The molecule has 0 aliphatic carbocycles. The summed E-state index contributed by atoms with van der Waals surface area (Å²) in [5, 5.41) is 0.839. The number of nitrogens with zero attached hydrogens (tertiary/aromatic N) is 3. The number of Topliss-reactive ketones (excluding diaryl/α,β-unsaturated/α-hetero) is 1. The number of carbonyl (C=O) groups excluding carboxylic acids is 2. The van der Waals surface area contributed by atoms with E-state index in [0.717, 1.165) is 26.1 Å². The van der Waals surface area contributed by atoms with Gasteiger partial charge in [-0.2, -0.15) is 13.2 Å². The number of amides is 1. The van der Waals surface area contributed by atoms with Crippen molar-refractivity contribution in [1.29, 1.82) is 0 Å². The number of benzene rings is 2. The Kier molecular flexibility index (Phi) is 5.57. The molecule has 0 fully saturated rings. The monoisotopic (exact) mass is 499 g/mol. The molecule has 34 heavy (non-hydrogen) atoms. The van der Waals surface area contributed by atoms with Gasteiger partial charge in [0.25, 0.3) is 11.7 Å². The highest BCUT2D eigenvalue weighted by Gasteiger charge is 2.47. The van der Waals surface area contributed by atoms with Gasteiger partial charge in [0.15, 0.2) is 5.11 Å². The number of alkyl halides is 3. The van der Waals surface area contributed by atoms with E-state index in [1.165, 1.54) is 11.8 Å². The van der Waals surface area contributed by atoms with Crippen LogP contribution in [-0.4, -0.2) is 45.0 Å². The standard InChI is InChI=1S/C24H16F3N3O2S2/c1-2-29-17-10-6-7-11-18(17)33-19(29)13-15-12-16(14-8-4-3-5-9-14)28-23-30(15)22(32)20(34-23)21(31)24(25,26)27/h3-13H,2H2,1H3/b19-13+. The third-order valence-corrected chi connectivity index (χ3v) is 7.43. The number of fused-ring (bicyclic) bond motifs is 2. The molecule has 0 N–H and O–H groups in total. The Bertz CT molecular complexity index is 1390. The van der Waals surface area contributed by atoms with Crippen molar-refractivity contribution in [3.8, 4) is 0 Å². The molecule has 3 aliphatic rings. The van der Waals surface area contributed by atoms with Gasteiger partial charge in [-0.05, 0) is 31.2 Å². The molecule has 0 spiro atoms. The van der Waals surface area contributed by atoms with E-state index in [2.05, 4.69) is 9.89 Å². The largest absolute Gasteiger partial charge is 0.455 e. The maximum atomic E-state index is 13.1. The fourth-order valence-corrected chi connectivity index (χ4v) is 5.92. The van der Waals surface area contributed by atoms with Gasteiger partial charge in [0.2, 0.25) is 0 Å². The number of thioether (sulfide) groups is 1. The third-order valence-electron chi connectivity index (χ3n) is 5.30. The van der Waals surface area contributed by atoms with Crippen LogP contribution in [0.25, 0.3) is 0 Å². The Morgan fingerprint density at radius 2 is 1.79 bits per heavy atom. The molecule has 3 heterocycles. The van der Waals surface area contributed by atoms with Crippen LogP contribution in [0.2, 0.25) is 0 Å². The van der Waals surface area contributed by atoms with E-state index in [1.807, 2.05) is 61.5 Å². The lowest BCUT2D eigenvalue weighted by Gasteiger charge is -2.25. The molecular formula is C24H16F3N3O2S2. The molecule has 0 saturated carbocycles. The lowest BCUT2D eigenvalue weighted by molar-refractivity contribution is -0.163. The number of ketones is 1. The van der Waals surface area contributed by atoms with Gasteiger partial charge < -0.3 is 4.90 Å². The Hall–Kier alpha value is -3.37. The summed E-state index contributed by atoms with van der Waals surface area (Å²) in [4.78, 5) is 32.6. The molecule has 2 aromatic carbocycles. The zero-order valence-electron chi connectivity index (χ0n) is 17.7. The number of hydrogen-bond donors (Lipinski definition) is 0. The molecule has 2 aromatic rings. The fraction of sp³-hybridized carbons (Fsp3) is 0.125. The molecule has 5 rings (SSSR count). The van der Waals surface area contributed by atoms with Crippen LogP contribution in [0, 0.1) is 0 Å². The first-order chi connectivity index (χ1) is 16.3. The van der Waals surface area contributed by atoms with Crippen molar-refractivity contribution in [2.45, 2.75) is 18.0 Å². The van der Waals surface area contributed by atoms with Gasteiger partial charge in [0.05, 0.1) is 22.1 Å². The number of rotatable bonds is 4. The van der Waals surface area contributed by atoms with Gasteiger partial charge >= 0.3 is 6.18 Å². The van der Waals surface area contributed by atoms with Crippen molar-refractivity contribution >= 4 is 55.8 Å². The molecule has 0 aromatic heterocycles. The van der Waals surface area contributed by atoms with Gasteiger partial charge in [-0.3, -0.25) is 14.5 Å². The minimum absolute atomic E-state index is 0.0226. The van der Waals surface area contributed by atoms with Gasteiger partial charge in [-0.1, -0.05) is 65.2 Å². The van der Waals surface area contributed by atoms with E-state index in [1.54, 1.807) is 12.2 Å². The maximum Gasteiger partial charge on any atom is 0.455 e. The van der Waals surface area contributed by atoms with Crippen molar-refractivity contribution in [2.24, 2.45) is 4.99 Å². The van der Waals surface area contributed by atoms with Gasteiger partial charge in [0.1, 0.15) is 4.86 Å². The smallest absolute Gasteiger partial charge is 0.335 e. The molecule has 172 valence electrons. The Labute approximate surface area is 200 Å². The summed E-state index contributed by atoms with van der Waals surface area (Å²) in [7, 11) is 0.454. The zero-order valence-corrected chi connectivity index (χ0v) is 19.3. The van der Waals surface area contributed by atoms with E-state index >= 15 is 0 Å². The maximum absolute atomic E-state index is 13.1. The van der Waals surface area contributed by atoms with Crippen LogP contribution < -0.4 is 4.90 Å². The first-order valence-corrected chi connectivity index (χ1v) is 11.9. The van der Waals surface area contributed by atoms with Crippen LogP contribution >= 0.6 is 22.7 Å². The molecule has 3 aliphatic heterocycles. The molecule has 0 radical (unpaired) electrons. The molecule has 0 atom stereocenters. The number of halogens is 3. The number of para-hydroxylation sites is 1. The van der Waals surface area contributed by atoms with E-state index in [-0.39, 0.29) is 5.11 Å². The number of aliphatic imine (C=N–C) groups is 1. The van der Waals surface area contributed by atoms with Gasteiger partial charge in [0, 0.05) is 17.0 Å². The molecule has 0 saturated heterocycles. The molecule has 0 unspecified atom stereocenters. The highest BCUT2D eigenvalue weighted by atomic mass is 32.2. The highest BCUT2D eigenvalue weighted by molar-refractivity contribution is 8.03. The minimum Gasteiger partial charge on any atom is -0.335 e. The van der Waals surface area contributed by atoms with Crippen LogP contribution in [0.1, 0.15) is 12.5 Å². The van der Waals surface area contributed by atoms with Crippen molar-refractivity contribution in [2.75, 3.05) is 11.4 Å². The second-order valence-corrected chi connectivity index (χ2v) is 9.45. The summed E-state index contributed by atoms with van der Waals surface area (Å²) < 4.78 is 39.4. The SMILES string of the molecule is CCN1/C(=C\C2=CC(c3ccccc3)=NC3=S=C(C(=O)C(F)(F)F)C(=O)N23)Sc2ccccc21. The first kappa shape index (κ1) is 22.4. The summed E-state index contributed by atoms with van der Waals surface area (Å²) in [6.45, 7) is 2.65. The van der Waals surface area contributed by atoms with E-state index < -0.39 is 22.7 Å². The highest BCUT2D eigenvalue weighted by Crippen LogP contribution is 2.46. The molecule has 0 bridgehead atoms. The zero-order chi connectivity index (χ0) is 24.0. The second kappa shape index (κ2) is 8.44. The number of allylic oxidation sites excluding steroid dienone is 2. The Morgan fingerprint density at radius 3 is 2.50 bits per heavy atom. The summed E-state index contributed by atoms with van der Waals surface area (Å²) >= 11 is 1.50. The second-order valence-electron chi connectivity index (χ2n) is 7.41.